The molecule has 0 saturated heterocycles. The fraction of sp³-hybridized carbons (Fsp3) is 0.130. The number of carbonyl (C=O) groups is 1. The van der Waals surface area contributed by atoms with Crippen LogP contribution in [-0.2, 0) is 0 Å². The number of rotatable bonds is 5. The van der Waals surface area contributed by atoms with E-state index in [1.54, 1.807) is 12.4 Å². The van der Waals surface area contributed by atoms with Crippen molar-refractivity contribution in [3.63, 3.8) is 0 Å². The van der Waals surface area contributed by atoms with Gasteiger partial charge in [0.15, 0.2) is 5.82 Å². The number of benzene rings is 2. The molecule has 0 aliphatic rings. The smallest absolute Gasteiger partial charge is 0.251 e. The summed E-state index contributed by atoms with van der Waals surface area (Å²) in [6.07, 6.45) is 3.50. The first-order valence-electron chi connectivity index (χ1n) is 10.0. The van der Waals surface area contributed by atoms with E-state index in [0.29, 0.717) is 17.2 Å². The molecule has 4 N–H and O–H groups in total. The van der Waals surface area contributed by atoms with Gasteiger partial charge in [-0.2, -0.15) is 5.10 Å². The number of H-pyrrole nitrogens is 2. The van der Waals surface area contributed by atoms with Gasteiger partial charge in [-0.05, 0) is 56.3 Å². The standard InChI is InChI=1S/C23H21N7O/c1-13(2)26-23(31)15-4-3-14-10-20(28-19(14)11-15)22-24-8-7-21(29-22)27-17-5-6-18-16(9-17)12-25-30-18/h3-13,28H,1-2H3,(H,25,30)(H,26,31)(H,24,27,29). The van der Waals surface area contributed by atoms with Crippen molar-refractivity contribution in [3.8, 4) is 11.5 Å². The number of aromatic nitrogens is 5. The number of fused-ring (bicyclic) bond motifs is 2. The minimum atomic E-state index is -0.0925. The average molecular weight is 411 g/mol. The molecule has 5 aromatic rings. The van der Waals surface area contributed by atoms with Gasteiger partial charge in [0.25, 0.3) is 5.91 Å². The van der Waals surface area contributed by atoms with E-state index in [1.165, 1.54) is 0 Å². The fourth-order valence-corrected chi connectivity index (χ4v) is 3.46. The molecule has 8 heteroatoms. The Balaban J connectivity index is 1.42. The number of aromatic amines is 2. The van der Waals surface area contributed by atoms with Crippen molar-refractivity contribution in [2.75, 3.05) is 5.32 Å². The largest absolute Gasteiger partial charge is 0.352 e. The van der Waals surface area contributed by atoms with Gasteiger partial charge < -0.3 is 15.6 Å². The Morgan fingerprint density at radius 2 is 1.90 bits per heavy atom. The van der Waals surface area contributed by atoms with Crippen LogP contribution >= 0.6 is 0 Å². The molecular formula is C23H21N7O. The van der Waals surface area contributed by atoms with Gasteiger partial charge >= 0.3 is 0 Å². The topological polar surface area (TPSA) is 111 Å². The Kier molecular flexibility index (Phi) is 4.59. The number of hydrogen-bond donors (Lipinski definition) is 4. The van der Waals surface area contributed by atoms with E-state index in [0.717, 1.165) is 33.2 Å². The molecule has 3 heterocycles. The number of nitrogens with zero attached hydrogens (tertiary/aromatic N) is 3. The van der Waals surface area contributed by atoms with Crippen molar-refractivity contribution in [1.29, 1.82) is 0 Å². The first-order valence-corrected chi connectivity index (χ1v) is 10.0. The fourth-order valence-electron chi connectivity index (χ4n) is 3.46. The Morgan fingerprint density at radius 1 is 1.00 bits per heavy atom. The summed E-state index contributed by atoms with van der Waals surface area (Å²) in [5.74, 6) is 1.16. The third-order valence-corrected chi connectivity index (χ3v) is 4.91. The second-order valence-corrected chi connectivity index (χ2v) is 7.68. The summed E-state index contributed by atoms with van der Waals surface area (Å²) in [4.78, 5) is 24.7. The van der Waals surface area contributed by atoms with Gasteiger partial charge in [-0.3, -0.25) is 9.89 Å². The van der Waals surface area contributed by atoms with Crippen LogP contribution in [0.4, 0.5) is 11.5 Å². The molecule has 2 aromatic carbocycles. The monoisotopic (exact) mass is 411 g/mol. The van der Waals surface area contributed by atoms with Crippen molar-refractivity contribution < 1.29 is 4.79 Å². The maximum atomic E-state index is 12.3. The zero-order chi connectivity index (χ0) is 21.4. The van der Waals surface area contributed by atoms with E-state index in [-0.39, 0.29) is 11.9 Å². The van der Waals surface area contributed by atoms with E-state index in [4.69, 9.17) is 0 Å². The molecule has 5 rings (SSSR count). The third kappa shape index (κ3) is 3.83. The maximum Gasteiger partial charge on any atom is 0.251 e. The van der Waals surface area contributed by atoms with Gasteiger partial charge in [0.1, 0.15) is 5.82 Å². The third-order valence-electron chi connectivity index (χ3n) is 4.91. The molecule has 8 nitrogen and oxygen atoms in total. The summed E-state index contributed by atoms with van der Waals surface area (Å²) in [5.41, 5.74) is 4.15. The van der Waals surface area contributed by atoms with Gasteiger partial charge in [0.2, 0.25) is 0 Å². The van der Waals surface area contributed by atoms with Gasteiger partial charge in [-0.25, -0.2) is 9.97 Å². The summed E-state index contributed by atoms with van der Waals surface area (Å²) in [6, 6.07) is 15.4. The van der Waals surface area contributed by atoms with Crippen LogP contribution in [0.3, 0.4) is 0 Å². The predicted molar refractivity (Wildman–Crippen MR) is 121 cm³/mol. The van der Waals surface area contributed by atoms with Crippen molar-refractivity contribution in [2.45, 2.75) is 19.9 Å². The highest BCUT2D eigenvalue weighted by molar-refractivity contribution is 5.98. The Bertz CT molecular complexity index is 1400. The molecule has 1 amide bonds. The number of anilines is 2. The minimum absolute atomic E-state index is 0.0836. The Labute approximate surface area is 178 Å². The molecule has 0 fully saturated rings. The zero-order valence-corrected chi connectivity index (χ0v) is 17.1. The summed E-state index contributed by atoms with van der Waals surface area (Å²) >= 11 is 0. The lowest BCUT2D eigenvalue weighted by atomic mass is 10.1. The van der Waals surface area contributed by atoms with Crippen molar-refractivity contribution in [2.24, 2.45) is 0 Å². The molecule has 31 heavy (non-hydrogen) atoms. The van der Waals surface area contributed by atoms with E-state index in [1.807, 2.05) is 62.4 Å². The van der Waals surface area contributed by atoms with E-state index < -0.39 is 0 Å². The van der Waals surface area contributed by atoms with Crippen LogP contribution in [-0.4, -0.2) is 37.1 Å². The lowest BCUT2D eigenvalue weighted by Gasteiger charge is -2.08. The second kappa shape index (κ2) is 7.56. The van der Waals surface area contributed by atoms with Crippen molar-refractivity contribution in [3.05, 3.63) is 66.5 Å². The lowest BCUT2D eigenvalue weighted by Crippen LogP contribution is -2.29. The Morgan fingerprint density at radius 3 is 2.77 bits per heavy atom. The molecule has 0 saturated carbocycles. The number of amides is 1. The Hall–Kier alpha value is -4.20. The molecule has 0 unspecified atom stereocenters. The number of carbonyl (C=O) groups excluding carboxylic acids is 1. The molecule has 0 radical (unpaired) electrons. The van der Waals surface area contributed by atoms with Crippen LogP contribution in [0.1, 0.15) is 24.2 Å². The van der Waals surface area contributed by atoms with Crippen molar-refractivity contribution >= 4 is 39.2 Å². The quantitative estimate of drug-likeness (QED) is 0.343. The first-order chi connectivity index (χ1) is 15.0. The van der Waals surface area contributed by atoms with Crippen LogP contribution in [0.5, 0.6) is 0 Å². The normalized spacial score (nSPS) is 11.3. The highest BCUT2D eigenvalue weighted by atomic mass is 16.1. The zero-order valence-electron chi connectivity index (χ0n) is 17.1. The van der Waals surface area contributed by atoms with Gasteiger partial charge in [-0.1, -0.05) is 6.07 Å². The lowest BCUT2D eigenvalue weighted by molar-refractivity contribution is 0.0943. The second-order valence-electron chi connectivity index (χ2n) is 7.68. The highest BCUT2D eigenvalue weighted by Gasteiger charge is 2.11. The molecular weight excluding hydrogens is 390 g/mol. The van der Waals surface area contributed by atoms with Crippen LogP contribution in [0.15, 0.2) is 60.9 Å². The average Bonchev–Trinajstić information content (AvgIpc) is 3.39. The SMILES string of the molecule is CC(C)NC(=O)c1ccc2cc(-c3nccc(Nc4ccc5[nH]ncc5c4)n3)[nH]c2c1. The van der Waals surface area contributed by atoms with Crippen LogP contribution in [0, 0.1) is 0 Å². The summed E-state index contributed by atoms with van der Waals surface area (Å²) < 4.78 is 0. The summed E-state index contributed by atoms with van der Waals surface area (Å²) in [7, 11) is 0. The highest BCUT2D eigenvalue weighted by Crippen LogP contribution is 2.25. The van der Waals surface area contributed by atoms with Crippen molar-refractivity contribution in [1.82, 2.24) is 30.5 Å². The summed E-state index contributed by atoms with van der Waals surface area (Å²) in [5, 5.41) is 15.2. The van der Waals surface area contributed by atoms with Crippen LogP contribution in [0.25, 0.3) is 33.3 Å². The minimum Gasteiger partial charge on any atom is -0.352 e. The van der Waals surface area contributed by atoms with Gasteiger partial charge in [-0.15, -0.1) is 0 Å². The van der Waals surface area contributed by atoms with E-state index in [9.17, 15) is 4.79 Å². The molecule has 154 valence electrons. The maximum absolute atomic E-state index is 12.3. The van der Waals surface area contributed by atoms with E-state index in [2.05, 4.69) is 35.8 Å². The van der Waals surface area contributed by atoms with Crippen LogP contribution in [0.2, 0.25) is 0 Å². The number of hydrogen-bond acceptors (Lipinski definition) is 5. The number of nitrogens with one attached hydrogen (secondary N) is 4. The van der Waals surface area contributed by atoms with Gasteiger partial charge in [0, 0.05) is 39.8 Å². The summed E-state index contributed by atoms with van der Waals surface area (Å²) in [6.45, 7) is 3.88. The molecule has 0 atom stereocenters. The van der Waals surface area contributed by atoms with Crippen LogP contribution < -0.4 is 10.6 Å². The predicted octanol–water partition coefficient (Wildman–Crippen LogP) is 4.38. The molecule has 0 bridgehead atoms. The van der Waals surface area contributed by atoms with E-state index >= 15 is 0 Å². The molecule has 0 spiro atoms. The molecule has 3 aromatic heterocycles. The molecule has 0 aliphatic heterocycles. The van der Waals surface area contributed by atoms with Gasteiger partial charge in [0.05, 0.1) is 17.4 Å². The molecule has 0 aliphatic carbocycles. The first kappa shape index (κ1) is 18.8.